The molecule has 2 aliphatic rings. The van der Waals surface area contributed by atoms with E-state index in [2.05, 4.69) is 109 Å². The van der Waals surface area contributed by atoms with Gasteiger partial charge in [0.25, 0.3) is 0 Å². The van der Waals surface area contributed by atoms with Crippen LogP contribution in [0.3, 0.4) is 0 Å². The fourth-order valence-electron chi connectivity index (χ4n) is 8.12. The van der Waals surface area contributed by atoms with E-state index in [0.717, 1.165) is 40.3 Å². The lowest BCUT2D eigenvalue weighted by Gasteiger charge is -2.29. The van der Waals surface area contributed by atoms with Gasteiger partial charge < -0.3 is 4.42 Å². The molecule has 2 nitrogen and oxygen atoms in total. The average molecular weight is 562 g/mol. The normalized spacial score (nSPS) is 16.5. The van der Waals surface area contributed by atoms with Crippen LogP contribution in [0.1, 0.15) is 28.7 Å². The quantitative estimate of drug-likeness (QED) is 0.196. The molecule has 1 heterocycles. The molecule has 2 aliphatic carbocycles. The largest absolute Gasteiger partial charge is 0.435 e. The lowest BCUT2D eigenvalue weighted by atomic mass is 9.73. The van der Waals surface area contributed by atoms with E-state index in [4.69, 9.17) is 9.40 Å². The van der Waals surface area contributed by atoms with Gasteiger partial charge in [-0.05, 0) is 104 Å². The van der Waals surface area contributed by atoms with Crippen LogP contribution in [0.5, 0.6) is 0 Å². The minimum Gasteiger partial charge on any atom is -0.435 e. The lowest BCUT2D eigenvalue weighted by molar-refractivity contribution is 0.623. The number of nitrogens with zero attached hydrogens (tertiary/aromatic N) is 1. The van der Waals surface area contributed by atoms with Crippen molar-refractivity contribution in [3.05, 3.63) is 162 Å². The number of aryl methyl sites for hydroxylation is 1. The molecule has 0 aliphatic heterocycles. The van der Waals surface area contributed by atoms with Crippen molar-refractivity contribution in [3.8, 4) is 33.7 Å². The van der Waals surface area contributed by atoms with Crippen LogP contribution >= 0.6 is 0 Å². The van der Waals surface area contributed by atoms with Gasteiger partial charge in [-0.25, -0.2) is 4.98 Å². The van der Waals surface area contributed by atoms with E-state index in [1.54, 1.807) is 0 Å². The van der Waals surface area contributed by atoms with Crippen LogP contribution in [0.4, 0.5) is 0 Å². The van der Waals surface area contributed by atoms with Crippen molar-refractivity contribution in [2.24, 2.45) is 0 Å². The molecule has 1 spiro atoms. The first-order valence-electron chi connectivity index (χ1n) is 15.4. The van der Waals surface area contributed by atoms with Crippen molar-refractivity contribution in [1.82, 2.24) is 4.98 Å². The summed E-state index contributed by atoms with van der Waals surface area (Å²) in [5.41, 5.74) is 13.6. The summed E-state index contributed by atoms with van der Waals surface area (Å²) in [5, 5.41) is 4.65. The van der Waals surface area contributed by atoms with Gasteiger partial charge in [-0.15, -0.1) is 0 Å². The van der Waals surface area contributed by atoms with Crippen molar-refractivity contribution >= 4 is 32.6 Å². The Morgan fingerprint density at radius 2 is 1.25 bits per heavy atom. The highest BCUT2D eigenvalue weighted by Gasteiger charge is 2.48. The van der Waals surface area contributed by atoms with Crippen molar-refractivity contribution < 1.29 is 4.42 Å². The molecule has 7 aromatic carbocycles. The van der Waals surface area contributed by atoms with E-state index in [1.807, 2.05) is 30.3 Å². The fraction of sp³-hybridized carbons (Fsp3) is 0.0714. The highest BCUT2D eigenvalue weighted by atomic mass is 16.3. The molecule has 0 radical (unpaired) electrons. The smallest absolute Gasteiger partial charge is 0.227 e. The Labute approximate surface area is 255 Å². The third-order valence-corrected chi connectivity index (χ3v) is 10.1. The molecule has 8 aromatic rings. The third-order valence-electron chi connectivity index (χ3n) is 10.1. The van der Waals surface area contributed by atoms with Crippen LogP contribution in [0.15, 0.2) is 144 Å². The van der Waals surface area contributed by atoms with Crippen molar-refractivity contribution in [2.75, 3.05) is 0 Å². The number of fused-ring (bicyclic) bond motifs is 12. The van der Waals surface area contributed by atoms with Gasteiger partial charge in [0.05, 0.1) is 0 Å². The minimum atomic E-state index is -0.0953. The number of aromatic nitrogens is 1. The van der Waals surface area contributed by atoms with Gasteiger partial charge in [-0.2, -0.15) is 0 Å². The zero-order valence-electron chi connectivity index (χ0n) is 24.0. The van der Waals surface area contributed by atoms with Crippen LogP contribution < -0.4 is 0 Å². The molecule has 0 fully saturated rings. The fourth-order valence-corrected chi connectivity index (χ4v) is 8.12. The Kier molecular flexibility index (Phi) is 4.79. The number of oxazole rings is 1. The topological polar surface area (TPSA) is 26.0 Å². The number of hydrogen-bond acceptors (Lipinski definition) is 2. The molecule has 44 heavy (non-hydrogen) atoms. The Bertz CT molecular complexity index is 2450. The molecule has 10 rings (SSSR count). The second-order valence-electron chi connectivity index (χ2n) is 12.3. The van der Waals surface area contributed by atoms with Gasteiger partial charge in [0.15, 0.2) is 5.58 Å². The molecule has 206 valence electrons. The average Bonchev–Trinajstić information content (AvgIpc) is 3.78. The van der Waals surface area contributed by atoms with Gasteiger partial charge in [0.1, 0.15) is 5.52 Å². The summed E-state index contributed by atoms with van der Waals surface area (Å²) < 4.78 is 6.50. The molecule has 0 N–H and O–H groups in total. The first-order chi connectivity index (χ1) is 21.8. The van der Waals surface area contributed by atoms with Crippen LogP contribution in [0, 0.1) is 0 Å². The molecule has 1 aromatic heterocycles. The summed E-state index contributed by atoms with van der Waals surface area (Å²) in [6.45, 7) is 0. The molecule has 1 atom stereocenters. The maximum atomic E-state index is 6.50. The standard InChI is InChI=1S/C42H27NO/c1-2-9-29(10-3-1)41-43-38-21-19-28-16-14-26-15-17-30(24-34(26)39(28)40(38)44-41)31-18-20-33-32-11-5-7-13-36(32)42(37(33)25-31)23-22-27-8-4-6-12-35(27)42/h1-21,24-25H,22-23H2. The first kappa shape index (κ1) is 24.0. The SMILES string of the molecule is c1ccc(-c2nc3ccc4ccc5ccc(-c6ccc7c(c6)C6(CCc8ccccc86)c6ccccc6-7)cc5c4c3o2)cc1. The summed E-state index contributed by atoms with van der Waals surface area (Å²) in [7, 11) is 0. The van der Waals surface area contributed by atoms with Crippen molar-refractivity contribution in [1.29, 1.82) is 0 Å². The predicted molar refractivity (Wildman–Crippen MR) is 180 cm³/mol. The molecular weight excluding hydrogens is 534 g/mol. The molecule has 0 amide bonds. The van der Waals surface area contributed by atoms with E-state index >= 15 is 0 Å². The molecule has 2 heteroatoms. The van der Waals surface area contributed by atoms with Gasteiger partial charge in [0, 0.05) is 16.4 Å². The molecular formula is C42H27NO. The van der Waals surface area contributed by atoms with Crippen LogP contribution in [-0.2, 0) is 11.8 Å². The zero-order valence-corrected chi connectivity index (χ0v) is 24.0. The van der Waals surface area contributed by atoms with E-state index < -0.39 is 0 Å². The molecule has 0 saturated carbocycles. The zero-order chi connectivity index (χ0) is 28.8. The van der Waals surface area contributed by atoms with Crippen LogP contribution in [0.2, 0.25) is 0 Å². The molecule has 0 bridgehead atoms. The Morgan fingerprint density at radius 1 is 0.545 bits per heavy atom. The molecule has 0 saturated heterocycles. The maximum Gasteiger partial charge on any atom is 0.227 e. The van der Waals surface area contributed by atoms with E-state index in [0.29, 0.717) is 5.89 Å². The van der Waals surface area contributed by atoms with Crippen molar-refractivity contribution in [3.63, 3.8) is 0 Å². The Morgan fingerprint density at radius 3 is 2.18 bits per heavy atom. The Hall–Kier alpha value is -5.47. The van der Waals surface area contributed by atoms with E-state index in [-0.39, 0.29) is 5.41 Å². The lowest BCUT2D eigenvalue weighted by Crippen LogP contribution is -2.23. The predicted octanol–water partition coefficient (Wildman–Crippen LogP) is 10.7. The second kappa shape index (κ2) is 8.78. The number of hydrogen-bond donors (Lipinski definition) is 0. The van der Waals surface area contributed by atoms with Gasteiger partial charge in [0.2, 0.25) is 5.89 Å². The summed E-state index contributed by atoms with van der Waals surface area (Å²) in [6, 6.07) is 50.9. The third kappa shape index (κ3) is 3.17. The second-order valence-corrected chi connectivity index (χ2v) is 12.3. The summed E-state index contributed by atoms with van der Waals surface area (Å²) in [6.07, 6.45) is 2.21. The summed E-state index contributed by atoms with van der Waals surface area (Å²) in [5.74, 6) is 0.654. The van der Waals surface area contributed by atoms with E-state index in [9.17, 15) is 0 Å². The van der Waals surface area contributed by atoms with Gasteiger partial charge >= 0.3 is 0 Å². The minimum absolute atomic E-state index is 0.0953. The summed E-state index contributed by atoms with van der Waals surface area (Å²) >= 11 is 0. The Balaban J connectivity index is 1.19. The number of rotatable bonds is 2. The van der Waals surface area contributed by atoms with Crippen LogP contribution in [-0.4, -0.2) is 4.98 Å². The van der Waals surface area contributed by atoms with Gasteiger partial charge in [-0.3, -0.25) is 0 Å². The maximum absolute atomic E-state index is 6.50. The van der Waals surface area contributed by atoms with Gasteiger partial charge in [-0.1, -0.05) is 109 Å². The number of benzene rings is 7. The monoisotopic (exact) mass is 561 g/mol. The molecule has 1 unspecified atom stereocenters. The first-order valence-corrected chi connectivity index (χ1v) is 15.4. The van der Waals surface area contributed by atoms with E-state index in [1.165, 1.54) is 55.3 Å². The highest BCUT2D eigenvalue weighted by molar-refractivity contribution is 6.18. The highest BCUT2D eigenvalue weighted by Crippen LogP contribution is 2.58. The van der Waals surface area contributed by atoms with Crippen LogP contribution in [0.25, 0.3) is 66.4 Å². The van der Waals surface area contributed by atoms with Crippen molar-refractivity contribution in [2.45, 2.75) is 18.3 Å². The summed E-state index contributed by atoms with van der Waals surface area (Å²) in [4.78, 5) is 4.87.